The summed E-state index contributed by atoms with van der Waals surface area (Å²) >= 11 is 7.58. The van der Waals surface area contributed by atoms with Crippen LogP contribution in [-0.2, 0) is 4.79 Å². The van der Waals surface area contributed by atoms with Crippen molar-refractivity contribution in [3.63, 3.8) is 0 Å². The number of nitrogens with two attached hydrogens (primary N) is 1. The van der Waals surface area contributed by atoms with Gasteiger partial charge in [0.1, 0.15) is 5.01 Å². The topological polar surface area (TPSA) is 68.0 Å². The zero-order valence-corrected chi connectivity index (χ0v) is 17.4. The van der Waals surface area contributed by atoms with Gasteiger partial charge in [0, 0.05) is 27.9 Å². The number of rotatable bonds is 5. The molecule has 1 saturated carbocycles. The van der Waals surface area contributed by atoms with E-state index in [1.165, 1.54) is 0 Å². The molecular formula is C19H25Cl2N3OS. The number of nitrogens with one attached hydrogen (secondary N) is 1. The Labute approximate surface area is 169 Å². The third-order valence-electron chi connectivity index (χ3n) is 4.84. The first-order valence-electron chi connectivity index (χ1n) is 8.72. The molecule has 0 radical (unpaired) electrons. The minimum absolute atomic E-state index is 0. The summed E-state index contributed by atoms with van der Waals surface area (Å²) in [6.07, 6.45) is 3.73. The summed E-state index contributed by atoms with van der Waals surface area (Å²) in [5.41, 5.74) is 8.06. The molecule has 1 fully saturated rings. The zero-order valence-electron chi connectivity index (χ0n) is 15.0. The number of hydrogen-bond acceptors (Lipinski definition) is 4. The van der Waals surface area contributed by atoms with Crippen LogP contribution >= 0.6 is 35.3 Å². The van der Waals surface area contributed by atoms with E-state index >= 15 is 0 Å². The molecule has 0 saturated heterocycles. The molecule has 2 aromatic rings. The Kier molecular flexibility index (Phi) is 7.47. The Bertz CT molecular complexity index is 748. The van der Waals surface area contributed by atoms with E-state index in [1.54, 1.807) is 11.3 Å². The fourth-order valence-corrected chi connectivity index (χ4v) is 4.47. The van der Waals surface area contributed by atoms with Crippen molar-refractivity contribution in [1.29, 1.82) is 0 Å². The number of carbonyl (C=O) groups excluding carboxylic acids is 1. The third kappa shape index (κ3) is 4.97. The Morgan fingerprint density at radius 2 is 2.08 bits per heavy atom. The van der Waals surface area contributed by atoms with E-state index in [-0.39, 0.29) is 30.4 Å². The molecular weight excluding hydrogens is 389 g/mol. The Balaban J connectivity index is 0.00000243. The Morgan fingerprint density at radius 3 is 2.69 bits per heavy atom. The quantitative estimate of drug-likeness (QED) is 0.732. The van der Waals surface area contributed by atoms with Gasteiger partial charge in [0.05, 0.1) is 11.7 Å². The van der Waals surface area contributed by atoms with Gasteiger partial charge < -0.3 is 11.1 Å². The van der Waals surface area contributed by atoms with Crippen molar-refractivity contribution < 1.29 is 4.79 Å². The Hall–Kier alpha value is -1.14. The molecule has 7 heteroatoms. The van der Waals surface area contributed by atoms with Crippen molar-refractivity contribution in [3.8, 4) is 11.3 Å². The lowest BCUT2D eigenvalue weighted by atomic mass is 10.00. The normalized spacial score (nSPS) is 20.5. The van der Waals surface area contributed by atoms with Crippen molar-refractivity contribution in [2.45, 2.75) is 51.6 Å². The van der Waals surface area contributed by atoms with Crippen molar-refractivity contribution in [1.82, 2.24) is 10.3 Å². The smallest absolute Gasteiger partial charge is 0.220 e. The van der Waals surface area contributed by atoms with Crippen LogP contribution in [0.4, 0.5) is 0 Å². The molecule has 1 heterocycles. The number of aryl methyl sites for hydroxylation is 1. The molecule has 4 nitrogen and oxygen atoms in total. The average Bonchev–Trinajstić information content (AvgIpc) is 3.14. The first kappa shape index (κ1) is 21.2. The van der Waals surface area contributed by atoms with Gasteiger partial charge in [0.2, 0.25) is 5.91 Å². The van der Waals surface area contributed by atoms with E-state index < -0.39 is 0 Å². The molecule has 1 amide bonds. The zero-order chi connectivity index (χ0) is 18.0. The monoisotopic (exact) mass is 413 g/mol. The highest BCUT2D eigenvalue weighted by Crippen LogP contribution is 2.31. The molecule has 3 rings (SSSR count). The minimum Gasteiger partial charge on any atom is -0.347 e. The second-order valence-electron chi connectivity index (χ2n) is 6.81. The summed E-state index contributed by atoms with van der Waals surface area (Å²) < 4.78 is 0. The van der Waals surface area contributed by atoms with Crippen molar-refractivity contribution in [2.24, 2.45) is 11.7 Å². The van der Waals surface area contributed by atoms with Crippen LogP contribution in [0.3, 0.4) is 0 Å². The number of benzene rings is 1. The number of aromatic nitrogens is 1. The van der Waals surface area contributed by atoms with Gasteiger partial charge in [-0.3, -0.25) is 4.79 Å². The largest absolute Gasteiger partial charge is 0.347 e. The Morgan fingerprint density at radius 1 is 1.38 bits per heavy atom. The fourth-order valence-electron chi connectivity index (χ4n) is 3.40. The van der Waals surface area contributed by atoms with Crippen molar-refractivity contribution in [3.05, 3.63) is 39.2 Å². The van der Waals surface area contributed by atoms with Gasteiger partial charge in [-0.15, -0.1) is 23.7 Å². The molecule has 0 bridgehead atoms. The van der Waals surface area contributed by atoms with Crippen molar-refractivity contribution >= 4 is 41.3 Å². The van der Waals surface area contributed by atoms with Gasteiger partial charge >= 0.3 is 0 Å². The van der Waals surface area contributed by atoms with Gasteiger partial charge in [-0.25, -0.2) is 4.98 Å². The lowest BCUT2D eigenvalue weighted by Crippen LogP contribution is -2.32. The maximum Gasteiger partial charge on any atom is 0.220 e. The van der Waals surface area contributed by atoms with E-state index in [4.69, 9.17) is 22.3 Å². The van der Waals surface area contributed by atoms with Crippen molar-refractivity contribution in [2.75, 3.05) is 0 Å². The number of halogens is 2. The van der Waals surface area contributed by atoms with Gasteiger partial charge in [-0.05, 0) is 44.7 Å². The number of carbonyl (C=O) groups is 1. The lowest BCUT2D eigenvalue weighted by molar-refractivity contribution is -0.122. The number of amides is 1. The molecule has 3 N–H and O–H groups in total. The molecule has 1 aromatic carbocycles. The minimum atomic E-state index is -0.102. The summed E-state index contributed by atoms with van der Waals surface area (Å²) in [5.74, 6) is 0.380. The first-order chi connectivity index (χ1) is 11.9. The average molecular weight is 414 g/mol. The second kappa shape index (κ2) is 9.18. The summed E-state index contributed by atoms with van der Waals surface area (Å²) in [4.78, 5) is 18.2. The van der Waals surface area contributed by atoms with Crippen LogP contribution in [0.2, 0.25) is 5.02 Å². The van der Waals surface area contributed by atoms with E-state index in [2.05, 4.69) is 12.2 Å². The van der Waals surface area contributed by atoms with Gasteiger partial charge in [-0.2, -0.15) is 0 Å². The number of nitrogens with zero attached hydrogens (tertiary/aromatic N) is 1. The highest BCUT2D eigenvalue weighted by molar-refractivity contribution is 7.12. The van der Waals surface area contributed by atoms with Gasteiger partial charge in [0.25, 0.3) is 0 Å². The molecule has 1 unspecified atom stereocenters. The summed E-state index contributed by atoms with van der Waals surface area (Å²) in [5, 5.41) is 4.71. The van der Waals surface area contributed by atoms with Crippen LogP contribution in [0.25, 0.3) is 11.3 Å². The molecule has 0 spiro atoms. The first-order valence-corrected chi connectivity index (χ1v) is 9.91. The van der Waals surface area contributed by atoms with Gasteiger partial charge in [0.15, 0.2) is 0 Å². The van der Waals surface area contributed by atoms with Crippen LogP contribution in [0.1, 0.15) is 48.5 Å². The maximum absolute atomic E-state index is 12.3. The van der Waals surface area contributed by atoms with E-state index in [9.17, 15) is 4.79 Å². The predicted molar refractivity (Wildman–Crippen MR) is 111 cm³/mol. The van der Waals surface area contributed by atoms with E-state index in [0.717, 1.165) is 40.4 Å². The lowest BCUT2D eigenvalue weighted by Gasteiger charge is -2.17. The highest BCUT2D eigenvalue weighted by atomic mass is 35.5. The van der Waals surface area contributed by atoms with Crippen LogP contribution in [-0.4, -0.2) is 16.9 Å². The van der Waals surface area contributed by atoms with Crippen LogP contribution in [0.5, 0.6) is 0 Å². The molecule has 0 aliphatic heterocycles. The SMILES string of the molecule is Cc1sc(C(C)NC(=O)C[C@@H]2CCC[C@H]2N)nc1-c1ccc(Cl)cc1.Cl. The fraction of sp³-hybridized carbons (Fsp3) is 0.474. The standard InChI is InChI=1S/C19H24ClN3OS.ClH/c1-11(22-17(24)10-14-4-3-5-16(14)21)19-23-18(12(2)25-19)13-6-8-15(20)9-7-13;/h6-9,11,14,16H,3-5,10,21H2,1-2H3,(H,22,24);1H/t11?,14-,16+;/m0./s1. The third-order valence-corrected chi connectivity index (χ3v) is 6.25. The summed E-state index contributed by atoms with van der Waals surface area (Å²) in [7, 11) is 0. The molecule has 1 aliphatic carbocycles. The van der Waals surface area contributed by atoms with Gasteiger partial charge in [-0.1, -0.05) is 30.2 Å². The number of hydrogen-bond donors (Lipinski definition) is 2. The highest BCUT2D eigenvalue weighted by Gasteiger charge is 2.27. The predicted octanol–water partition coefficient (Wildman–Crippen LogP) is 4.89. The summed E-state index contributed by atoms with van der Waals surface area (Å²) in [6, 6.07) is 7.74. The van der Waals surface area contributed by atoms with Crippen LogP contribution in [0, 0.1) is 12.8 Å². The molecule has 3 atom stereocenters. The number of thiazole rings is 1. The van der Waals surface area contributed by atoms with Crippen LogP contribution in [0.15, 0.2) is 24.3 Å². The second-order valence-corrected chi connectivity index (χ2v) is 8.48. The molecule has 142 valence electrons. The molecule has 26 heavy (non-hydrogen) atoms. The van der Waals surface area contributed by atoms with E-state index in [0.29, 0.717) is 17.4 Å². The molecule has 1 aromatic heterocycles. The molecule has 1 aliphatic rings. The summed E-state index contributed by atoms with van der Waals surface area (Å²) in [6.45, 7) is 4.04. The maximum atomic E-state index is 12.3. The van der Waals surface area contributed by atoms with Crippen LogP contribution < -0.4 is 11.1 Å². The van der Waals surface area contributed by atoms with E-state index in [1.807, 2.05) is 31.2 Å².